The van der Waals surface area contributed by atoms with E-state index in [1.165, 1.54) is 6.33 Å². The molecule has 1 N–H and O–H groups in total. The van der Waals surface area contributed by atoms with E-state index in [-0.39, 0.29) is 12.5 Å². The topological polar surface area (TPSA) is 64.1 Å². The molecule has 0 unspecified atom stereocenters. The van der Waals surface area contributed by atoms with E-state index in [1.807, 2.05) is 30.3 Å². The number of benzene rings is 2. The van der Waals surface area contributed by atoms with Crippen LogP contribution in [0.4, 0.5) is 0 Å². The molecular formula is C18H15Cl2N3O2. The predicted molar refractivity (Wildman–Crippen MR) is 98.2 cm³/mol. The molecule has 0 atom stereocenters. The largest absolute Gasteiger partial charge is 0.467 e. The Morgan fingerprint density at radius 2 is 1.96 bits per heavy atom. The van der Waals surface area contributed by atoms with Crippen molar-refractivity contribution in [2.24, 2.45) is 0 Å². The summed E-state index contributed by atoms with van der Waals surface area (Å²) in [5.41, 5.74) is 1.69. The number of fused-ring (bicyclic) bond motifs is 1. The van der Waals surface area contributed by atoms with Crippen molar-refractivity contribution >= 4 is 40.0 Å². The van der Waals surface area contributed by atoms with E-state index in [4.69, 9.17) is 27.9 Å². The molecular weight excluding hydrogens is 361 g/mol. The Morgan fingerprint density at radius 1 is 1.12 bits per heavy atom. The van der Waals surface area contributed by atoms with Crippen molar-refractivity contribution in [2.45, 2.75) is 6.42 Å². The van der Waals surface area contributed by atoms with Crippen LogP contribution in [0.5, 0.6) is 5.88 Å². The first-order valence-electron chi connectivity index (χ1n) is 7.66. The van der Waals surface area contributed by atoms with E-state index in [9.17, 15) is 4.79 Å². The molecule has 0 aliphatic carbocycles. The number of carbonyl (C=O) groups excluding carboxylic acids is 1. The summed E-state index contributed by atoms with van der Waals surface area (Å²) in [6.45, 7) is 0.337. The lowest BCUT2D eigenvalue weighted by Gasteiger charge is -2.09. The Bertz CT molecular complexity index is 897. The standard InChI is InChI=1S/C18H15Cl2N3O2/c19-13-6-5-12(15(20)9-13)7-8-21-17(24)10-25-18-14-3-1-2-4-16(14)22-11-23-18/h1-6,9,11H,7-8,10H2,(H,21,24). The summed E-state index contributed by atoms with van der Waals surface area (Å²) in [6.07, 6.45) is 2.02. The molecule has 0 fully saturated rings. The van der Waals surface area contributed by atoms with Gasteiger partial charge >= 0.3 is 0 Å². The van der Waals surface area contributed by atoms with Crippen LogP contribution in [0.3, 0.4) is 0 Å². The second kappa shape index (κ2) is 8.14. The fourth-order valence-corrected chi connectivity index (χ4v) is 2.84. The molecule has 25 heavy (non-hydrogen) atoms. The van der Waals surface area contributed by atoms with E-state index >= 15 is 0 Å². The van der Waals surface area contributed by atoms with E-state index in [2.05, 4.69) is 15.3 Å². The molecule has 0 bridgehead atoms. The number of rotatable bonds is 6. The molecule has 0 aliphatic rings. The number of ether oxygens (including phenoxy) is 1. The van der Waals surface area contributed by atoms with Gasteiger partial charge in [0.15, 0.2) is 6.61 Å². The van der Waals surface area contributed by atoms with Crippen LogP contribution in [-0.4, -0.2) is 29.0 Å². The highest BCUT2D eigenvalue weighted by atomic mass is 35.5. The third kappa shape index (κ3) is 4.59. The number of amides is 1. The van der Waals surface area contributed by atoms with Gasteiger partial charge < -0.3 is 10.1 Å². The average molecular weight is 376 g/mol. The van der Waals surface area contributed by atoms with Crippen LogP contribution in [0.1, 0.15) is 5.56 Å². The summed E-state index contributed by atoms with van der Waals surface area (Å²) in [7, 11) is 0. The molecule has 2 aromatic carbocycles. The normalized spacial score (nSPS) is 10.6. The van der Waals surface area contributed by atoms with E-state index in [0.717, 1.165) is 16.5 Å². The Hall–Kier alpha value is -2.37. The van der Waals surface area contributed by atoms with E-state index < -0.39 is 0 Å². The Morgan fingerprint density at radius 3 is 2.80 bits per heavy atom. The van der Waals surface area contributed by atoms with Gasteiger partial charge in [-0.15, -0.1) is 0 Å². The van der Waals surface area contributed by atoms with Crippen LogP contribution in [0.25, 0.3) is 10.9 Å². The molecule has 3 aromatic rings. The summed E-state index contributed by atoms with van der Waals surface area (Å²) in [5, 5.41) is 4.74. The van der Waals surface area contributed by atoms with Gasteiger partial charge in [0.25, 0.3) is 5.91 Å². The van der Waals surface area contributed by atoms with Crippen molar-refractivity contribution in [3.8, 4) is 5.88 Å². The van der Waals surface area contributed by atoms with Crippen LogP contribution in [-0.2, 0) is 11.2 Å². The van der Waals surface area contributed by atoms with Crippen LogP contribution in [0.2, 0.25) is 10.0 Å². The maximum absolute atomic E-state index is 11.9. The third-order valence-electron chi connectivity index (χ3n) is 3.58. The average Bonchev–Trinajstić information content (AvgIpc) is 2.62. The van der Waals surface area contributed by atoms with Crippen molar-refractivity contribution in [1.82, 2.24) is 15.3 Å². The molecule has 128 valence electrons. The minimum Gasteiger partial charge on any atom is -0.467 e. The second-order valence-electron chi connectivity index (χ2n) is 5.32. The first kappa shape index (κ1) is 17.5. The summed E-state index contributed by atoms with van der Waals surface area (Å²) < 4.78 is 5.52. The molecule has 1 aromatic heterocycles. The molecule has 3 rings (SSSR count). The first-order chi connectivity index (χ1) is 12.1. The minimum absolute atomic E-state index is 0.116. The number of nitrogens with zero attached hydrogens (tertiary/aromatic N) is 2. The monoisotopic (exact) mass is 375 g/mol. The van der Waals surface area contributed by atoms with Gasteiger partial charge in [-0.1, -0.05) is 41.4 Å². The summed E-state index contributed by atoms with van der Waals surface area (Å²) in [6, 6.07) is 12.8. The van der Waals surface area contributed by atoms with Gasteiger partial charge in [-0.3, -0.25) is 4.79 Å². The van der Waals surface area contributed by atoms with Crippen molar-refractivity contribution < 1.29 is 9.53 Å². The van der Waals surface area contributed by atoms with Crippen LogP contribution in [0, 0.1) is 0 Å². The Labute approximate surface area is 155 Å². The van der Waals surface area contributed by atoms with E-state index in [0.29, 0.717) is 28.9 Å². The van der Waals surface area contributed by atoms with Gasteiger partial charge in [0.1, 0.15) is 6.33 Å². The van der Waals surface area contributed by atoms with Crippen molar-refractivity contribution in [2.75, 3.05) is 13.2 Å². The highest BCUT2D eigenvalue weighted by molar-refractivity contribution is 6.35. The zero-order valence-electron chi connectivity index (χ0n) is 13.2. The SMILES string of the molecule is O=C(COc1ncnc2ccccc12)NCCc1ccc(Cl)cc1Cl. The zero-order chi connectivity index (χ0) is 17.6. The van der Waals surface area contributed by atoms with Crippen molar-refractivity contribution in [3.05, 3.63) is 64.4 Å². The number of para-hydroxylation sites is 1. The van der Waals surface area contributed by atoms with Gasteiger partial charge in [0, 0.05) is 16.6 Å². The lowest BCUT2D eigenvalue weighted by molar-refractivity contribution is -0.123. The summed E-state index contributed by atoms with van der Waals surface area (Å²) in [4.78, 5) is 20.2. The maximum Gasteiger partial charge on any atom is 0.258 e. The fraction of sp³-hybridized carbons (Fsp3) is 0.167. The molecule has 7 heteroatoms. The Kier molecular flexibility index (Phi) is 5.68. The summed E-state index contributed by atoms with van der Waals surface area (Å²) >= 11 is 12.0. The molecule has 0 radical (unpaired) electrons. The number of aromatic nitrogens is 2. The first-order valence-corrected chi connectivity index (χ1v) is 8.42. The van der Waals surface area contributed by atoms with Crippen LogP contribution >= 0.6 is 23.2 Å². The van der Waals surface area contributed by atoms with Crippen molar-refractivity contribution in [1.29, 1.82) is 0 Å². The number of halogens is 2. The maximum atomic E-state index is 11.9. The Balaban J connectivity index is 1.51. The highest BCUT2D eigenvalue weighted by Gasteiger charge is 2.08. The molecule has 0 aliphatic heterocycles. The van der Waals surface area contributed by atoms with Crippen LogP contribution in [0.15, 0.2) is 48.8 Å². The molecule has 0 saturated heterocycles. The zero-order valence-corrected chi connectivity index (χ0v) is 14.7. The molecule has 5 nitrogen and oxygen atoms in total. The lowest BCUT2D eigenvalue weighted by atomic mass is 10.1. The smallest absolute Gasteiger partial charge is 0.258 e. The number of hydrogen-bond donors (Lipinski definition) is 1. The quantitative estimate of drug-likeness (QED) is 0.713. The van der Waals surface area contributed by atoms with Gasteiger partial charge in [-0.2, -0.15) is 0 Å². The number of nitrogens with one attached hydrogen (secondary N) is 1. The van der Waals surface area contributed by atoms with Gasteiger partial charge in [-0.25, -0.2) is 9.97 Å². The lowest BCUT2D eigenvalue weighted by Crippen LogP contribution is -2.30. The fourth-order valence-electron chi connectivity index (χ4n) is 2.34. The molecule has 0 saturated carbocycles. The number of hydrogen-bond acceptors (Lipinski definition) is 4. The van der Waals surface area contributed by atoms with Gasteiger partial charge in [0.05, 0.1) is 10.9 Å². The highest BCUT2D eigenvalue weighted by Crippen LogP contribution is 2.21. The summed E-state index contributed by atoms with van der Waals surface area (Å²) in [5.74, 6) is 0.161. The molecule has 0 spiro atoms. The van der Waals surface area contributed by atoms with Gasteiger partial charge in [0.2, 0.25) is 5.88 Å². The number of carbonyl (C=O) groups is 1. The van der Waals surface area contributed by atoms with Crippen molar-refractivity contribution in [3.63, 3.8) is 0 Å². The predicted octanol–water partition coefficient (Wildman–Crippen LogP) is 3.67. The minimum atomic E-state index is -0.229. The third-order valence-corrected chi connectivity index (χ3v) is 4.16. The van der Waals surface area contributed by atoms with Crippen LogP contribution < -0.4 is 10.1 Å². The van der Waals surface area contributed by atoms with E-state index in [1.54, 1.807) is 12.1 Å². The van der Waals surface area contributed by atoms with Gasteiger partial charge in [-0.05, 0) is 36.2 Å². The molecule has 1 amide bonds. The molecule has 1 heterocycles. The second-order valence-corrected chi connectivity index (χ2v) is 6.16.